The lowest BCUT2D eigenvalue weighted by molar-refractivity contribution is -0.156. The van der Waals surface area contributed by atoms with Gasteiger partial charge in [-0.25, -0.2) is 0 Å². The Balaban J connectivity index is 2.07. The lowest BCUT2D eigenvalue weighted by Gasteiger charge is -2.49. The van der Waals surface area contributed by atoms with Gasteiger partial charge in [-0.2, -0.15) is 0 Å². The average molecular weight is 469 g/mol. The summed E-state index contributed by atoms with van der Waals surface area (Å²) in [7, 11) is -2.28. The van der Waals surface area contributed by atoms with Crippen LogP contribution in [0, 0.1) is 11.3 Å². The third kappa shape index (κ3) is 6.61. The van der Waals surface area contributed by atoms with Crippen LogP contribution < -0.4 is 0 Å². The molecule has 0 amide bonds. The average Bonchev–Trinajstić information content (AvgIpc) is 2.91. The van der Waals surface area contributed by atoms with E-state index in [2.05, 4.69) is 61.6 Å². The number of carbonyl (C=O) groups excluding carboxylic acids is 1. The first kappa shape index (κ1) is 27.9. The van der Waals surface area contributed by atoms with Crippen LogP contribution in [0.1, 0.15) is 94.9 Å². The number of hydrogen-bond acceptors (Lipinski definition) is 5. The molecular weight excluding hydrogens is 419 g/mol. The summed E-state index contributed by atoms with van der Waals surface area (Å²) in [5.41, 5.74) is -0.509. The van der Waals surface area contributed by atoms with Gasteiger partial charge >= 0.3 is 13.1 Å². The van der Waals surface area contributed by atoms with Crippen LogP contribution in [0.2, 0.25) is 24.5 Å². The molecule has 1 aliphatic heterocycles. The van der Waals surface area contributed by atoms with Crippen LogP contribution >= 0.6 is 0 Å². The number of rotatable bonds is 7. The molecule has 1 heterocycles. The Morgan fingerprint density at radius 3 is 2.28 bits per heavy atom. The van der Waals surface area contributed by atoms with Gasteiger partial charge in [-0.15, -0.1) is 0 Å². The lowest BCUT2D eigenvalue weighted by atomic mass is 9.61. The molecule has 4 atom stereocenters. The van der Waals surface area contributed by atoms with Crippen molar-refractivity contribution in [1.82, 2.24) is 0 Å². The number of fused-ring (bicyclic) bond motifs is 1. The van der Waals surface area contributed by atoms with E-state index in [0.717, 1.165) is 25.6 Å². The second kappa shape index (κ2) is 9.35. The van der Waals surface area contributed by atoms with Gasteiger partial charge in [-0.3, -0.25) is 4.79 Å². The van der Waals surface area contributed by atoms with Gasteiger partial charge in [-0.05, 0) is 82.7 Å². The van der Waals surface area contributed by atoms with E-state index in [-0.39, 0.29) is 47.8 Å². The molecule has 0 aromatic carbocycles. The molecule has 5 nitrogen and oxygen atoms in total. The lowest BCUT2D eigenvalue weighted by Crippen LogP contribution is -2.52. The predicted octanol–water partition coefficient (Wildman–Crippen LogP) is 6.62. The molecule has 7 heteroatoms. The maximum absolute atomic E-state index is 12.6. The molecule has 0 spiro atoms. The van der Waals surface area contributed by atoms with Crippen LogP contribution in [0.5, 0.6) is 0 Å². The van der Waals surface area contributed by atoms with E-state index in [9.17, 15) is 4.79 Å². The fraction of sp³-hybridized carbons (Fsp3) is 0.960. The highest BCUT2D eigenvalue weighted by Gasteiger charge is 2.57. The Morgan fingerprint density at radius 2 is 1.75 bits per heavy atom. The van der Waals surface area contributed by atoms with Crippen molar-refractivity contribution in [3.8, 4) is 0 Å². The van der Waals surface area contributed by atoms with Gasteiger partial charge in [-0.1, -0.05) is 41.5 Å². The third-order valence-electron chi connectivity index (χ3n) is 8.23. The second-order valence-electron chi connectivity index (χ2n) is 13.5. The zero-order chi connectivity index (χ0) is 24.8. The van der Waals surface area contributed by atoms with Crippen molar-refractivity contribution in [3.05, 3.63) is 0 Å². The Labute approximate surface area is 198 Å². The van der Waals surface area contributed by atoms with Crippen LogP contribution in [0.25, 0.3) is 0 Å². The van der Waals surface area contributed by atoms with Crippen molar-refractivity contribution in [2.45, 2.75) is 143 Å². The summed E-state index contributed by atoms with van der Waals surface area (Å²) in [5, 5.41) is 0.0724. The first-order valence-corrected chi connectivity index (χ1v) is 15.4. The van der Waals surface area contributed by atoms with Crippen LogP contribution in [-0.2, 0) is 23.3 Å². The Kier molecular flexibility index (Phi) is 8.14. The van der Waals surface area contributed by atoms with E-state index >= 15 is 0 Å². The maximum Gasteiger partial charge on any atom is 0.457 e. The monoisotopic (exact) mass is 468 g/mol. The zero-order valence-electron chi connectivity index (χ0n) is 22.9. The molecule has 1 saturated carbocycles. The standard InChI is InChI=1S/C25H49BO5Si/c1-18-24(8,9)15-13-20-25(18,10)31-26(29-20)16-14-19(17-21(27)28-22(2,3)4)30-32(11,12)23(5,6)7/h18-20H,13-17H2,1-12H3/t18-,19-,20+,25-/m0/s1. The Hall–Kier alpha value is -0.368. The highest BCUT2D eigenvalue weighted by molar-refractivity contribution is 6.74. The number of esters is 1. The first-order valence-electron chi connectivity index (χ1n) is 12.5. The summed E-state index contributed by atoms with van der Waals surface area (Å²) < 4.78 is 25.2. The van der Waals surface area contributed by atoms with E-state index < -0.39 is 13.9 Å². The third-order valence-corrected chi connectivity index (χ3v) is 12.8. The van der Waals surface area contributed by atoms with E-state index in [1.807, 2.05) is 20.8 Å². The first-order chi connectivity index (χ1) is 14.3. The minimum atomic E-state index is -2.04. The molecule has 2 fully saturated rings. The van der Waals surface area contributed by atoms with Gasteiger partial charge in [0.1, 0.15) is 5.60 Å². The molecule has 0 aromatic heterocycles. The molecule has 2 aliphatic rings. The summed E-state index contributed by atoms with van der Waals surface area (Å²) in [6, 6.07) is 0. The van der Waals surface area contributed by atoms with Gasteiger partial charge in [0, 0.05) is 0 Å². The highest BCUT2D eigenvalue weighted by atomic mass is 28.4. The molecular formula is C25H49BO5Si. The van der Waals surface area contributed by atoms with Gasteiger partial charge in [0.05, 0.1) is 24.2 Å². The Bertz CT molecular complexity index is 666. The number of carbonyl (C=O) groups is 1. The van der Waals surface area contributed by atoms with Crippen LogP contribution in [-0.4, -0.2) is 44.8 Å². The number of ether oxygens (including phenoxy) is 1. The largest absolute Gasteiger partial charge is 0.460 e. The molecule has 32 heavy (non-hydrogen) atoms. The van der Waals surface area contributed by atoms with E-state index in [4.69, 9.17) is 18.5 Å². The van der Waals surface area contributed by atoms with Crippen molar-refractivity contribution < 1.29 is 23.3 Å². The molecule has 1 aliphatic carbocycles. The molecule has 0 unspecified atom stereocenters. The predicted molar refractivity (Wildman–Crippen MR) is 134 cm³/mol. The van der Waals surface area contributed by atoms with Crippen LogP contribution in [0.4, 0.5) is 0 Å². The molecule has 186 valence electrons. The fourth-order valence-corrected chi connectivity index (χ4v) is 6.14. The molecule has 0 radical (unpaired) electrons. The smallest absolute Gasteiger partial charge is 0.457 e. The van der Waals surface area contributed by atoms with Gasteiger partial charge in [0.15, 0.2) is 8.32 Å². The van der Waals surface area contributed by atoms with Crippen molar-refractivity contribution in [1.29, 1.82) is 0 Å². The van der Waals surface area contributed by atoms with Gasteiger partial charge in [0.2, 0.25) is 0 Å². The Morgan fingerprint density at radius 1 is 1.16 bits per heavy atom. The highest BCUT2D eigenvalue weighted by Crippen LogP contribution is 2.52. The van der Waals surface area contributed by atoms with Crippen LogP contribution in [0.15, 0.2) is 0 Å². The quantitative estimate of drug-likeness (QED) is 0.311. The molecule has 0 bridgehead atoms. The second-order valence-corrected chi connectivity index (χ2v) is 18.2. The van der Waals surface area contributed by atoms with Crippen molar-refractivity contribution in [3.63, 3.8) is 0 Å². The summed E-state index contributed by atoms with van der Waals surface area (Å²) in [4.78, 5) is 12.6. The van der Waals surface area contributed by atoms with E-state index in [1.54, 1.807) is 0 Å². The summed E-state index contributed by atoms with van der Waals surface area (Å²) in [6.07, 6.45) is 3.84. The van der Waals surface area contributed by atoms with Gasteiger partial charge in [0.25, 0.3) is 0 Å². The maximum atomic E-state index is 12.6. The molecule has 1 saturated heterocycles. The van der Waals surface area contributed by atoms with E-state index in [1.165, 1.54) is 0 Å². The minimum absolute atomic E-state index is 0.0724. The normalized spacial score (nSPS) is 29.6. The van der Waals surface area contributed by atoms with Crippen molar-refractivity contribution >= 4 is 21.4 Å². The molecule has 0 N–H and O–H groups in total. The van der Waals surface area contributed by atoms with Crippen molar-refractivity contribution in [2.75, 3.05) is 0 Å². The summed E-state index contributed by atoms with van der Waals surface area (Å²) >= 11 is 0. The number of hydrogen-bond donors (Lipinski definition) is 0. The molecule has 0 aromatic rings. The van der Waals surface area contributed by atoms with Crippen molar-refractivity contribution in [2.24, 2.45) is 11.3 Å². The molecule has 2 rings (SSSR count). The SMILES string of the molecule is C[C@H]1C(C)(C)CC[C@H]2OB(CC[C@@H](CC(=O)OC(C)(C)C)O[Si](C)(C)C(C)(C)C)O[C@]21C. The van der Waals surface area contributed by atoms with E-state index in [0.29, 0.717) is 5.92 Å². The fourth-order valence-electron chi connectivity index (χ4n) is 4.75. The topological polar surface area (TPSA) is 54.0 Å². The van der Waals surface area contributed by atoms with Crippen LogP contribution in [0.3, 0.4) is 0 Å². The summed E-state index contributed by atoms with van der Waals surface area (Å²) in [6.45, 7) is 26.0. The van der Waals surface area contributed by atoms with Gasteiger partial charge < -0.3 is 18.5 Å². The minimum Gasteiger partial charge on any atom is -0.460 e. The summed E-state index contributed by atoms with van der Waals surface area (Å²) in [5.74, 6) is 0.213. The zero-order valence-corrected chi connectivity index (χ0v) is 23.9.